The molecule has 0 spiro atoms. The highest BCUT2D eigenvalue weighted by molar-refractivity contribution is 6.04. The Morgan fingerprint density at radius 1 is 0.950 bits per heavy atom. The number of anilines is 2. The molecule has 2 aromatic rings. The Morgan fingerprint density at radius 3 is 2.00 bits per heavy atom. The summed E-state index contributed by atoms with van der Waals surface area (Å²) in [6.45, 7) is 3.99. The van der Waals surface area contributed by atoms with Gasteiger partial charge < -0.3 is 10.2 Å². The summed E-state index contributed by atoms with van der Waals surface area (Å²) >= 11 is 0. The standard InChI is InChI=1S/C17H20N2O/c1-12-9-13(2)11-14(10-12)17(20)18-15-5-7-16(8-6-15)19(3)4/h5-11H,1-4H3,(H,18,20). The largest absolute Gasteiger partial charge is 0.378 e. The van der Waals surface area contributed by atoms with E-state index >= 15 is 0 Å². The number of carbonyl (C=O) groups excluding carboxylic acids is 1. The molecule has 0 aliphatic carbocycles. The summed E-state index contributed by atoms with van der Waals surface area (Å²) in [5, 5.41) is 2.92. The molecule has 2 aromatic carbocycles. The number of hydrogen-bond acceptors (Lipinski definition) is 2. The monoisotopic (exact) mass is 268 g/mol. The van der Waals surface area contributed by atoms with Gasteiger partial charge in [0.2, 0.25) is 0 Å². The Morgan fingerprint density at radius 2 is 1.50 bits per heavy atom. The van der Waals surface area contributed by atoms with E-state index in [2.05, 4.69) is 11.4 Å². The average molecular weight is 268 g/mol. The van der Waals surface area contributed by atoms with Crippen LogP contribution in [0.25, 0.3) is 0 Å². The average Bonchev–Trinajstić information content (AvgIpc) is 2.38. The van der Waals surface area contributed by atoms with Gasteiger partial charge in [0, 0.05) is 31.0 Å². The molecule has 0 aromatic heterocycles. The van der Waals surface area contributed by atoms with Crippen LogP contribution in [0.3, 0.4) is 0 Å². The lowest BCUT2D eigenvalue weighted by atomic mass is 10.1. The fourth-order valence-corrected chi connectivity index (χ4v) is 2.15. The van der Waals surface area contributed by atoms with Gasteiger partial charge in [0.15, 0.2) is 0 Å². The van der Waals surface area contributed by atoms with Crippen molar-refractivity contribution in [2.75, 3.05) is 24.3 Å². The number of hydrogen-bond donors (Lipinski definition) is 1. The van der Waals surface area contributed by atoms with Crippen molar-refractivity contribution < 1.29 is 4.79 Å². The van der Waals surface area contributed by atoms with Crippen molar-refractivity contribution in [3.63, 3.8) is 0 Å². The van der Waals surface area contributed by atoms with Gasteiger partial charge in [-0.2, -0.15) is 0 Å². The van der Waals surface area contributed by atoms with Crippen LogP contribution in [-0.4, -0.2) is 20.0 Å². The highest BCUT2D eigenvalue weighted by Crippen LogP contribution is 2.17. The van der Waals surface area contributed by atoms with Gasteiger partial charge in [-0.3, -0.25) is 4.79 Å². The molecule has 104 valence electrons. The van der Waals surface area contributed by atoms with Gasteiger partial charge in [-0.1, -0.05) is 17.2 Å². The molecule has 0 fully saturated rings. The zero-order valence-electron chi connectivity index (χ0n) is 12.4. The van der Waals surface area contributed by atoms with Crippen molar-refractivity contribution in [3.8, 4) is 0 Å². The zero-order chi connectivity index (χ0) is 14.7. The lowest BCUT2D eigenvalue weighted by molar-refractivity contribution is 0.102. The van der Waals surface area contributed by atoms with Crippen molar-refractivity contribution >= 4 is 17.3 Å². The highest BCUT2D eigenvalue weighted by atomic mass is 16.1. The molecule has 0 saturated carbocycles. The molecule has 3 nitrogen and oxygen atoms in total. The number of amides is 1. The predicted molar refractivity (Wildman–Crippen MR) is 84.6 cm³/mol. The minimum atomic E-state index is -0.0746. The van der Waals surface area contributed by atoms with E-state index in [0.29, 0.717) is 5.56 Å². The number of carbonyl (C=O) groups is 1. The Bertz CT molecular complexity index is 595. The van der Waals surface area contributed by atoms with Gasteiger partial charge >= 0.3 is 0 Å². The SMILES string of the molecule is Cc1cc(C)cc(C(=O)Nc2ccc(N(C)C)cc2)c1. The van der Waals surface area contributed by atoms with Crippen LogP contribution in [0.5, 0.6) is 0 Å². The minimum Gasteiger partial charge on any atom is -0.378 e. The van der Waals surface area contributed by atoms with Gasteiger partial charge in [0.1, 0.15) is 0 Å². The summed E-state index contributed by atoms with van der Waals surface area (Å²) in [5.74, 6) is -0.0746. The van der Waals surface area contributed by atoms with Crippen LogP contribution in [0.15, 0.2) is 42.5 Å². The molecule has 0 aliphatic heterocycles. The zero-order valence-corrected chi connectivity index (χ0v) is 12.4. The smallest absolute Gasteiger partial charge is 0.255 e. The third kappa shape index (κ3) is 3.38. The minimum absolute atomic E-state index is 0.0746. The van der Waals surface area contributed by atoms with E-state index in [-0.39, 0.29) is 5.91 Å². The molecule has 3 heteroatoms. The number of benzene rings is 2. The van der Waals surface area contributed by atoms with Crippen LogP contribution < -0.4 is 10.2 Å². The third-order valence-corrected chi connectivity index (χ3v) is 3.13. The molecule has 0 saturated heterocycles. The summed E-state index contributed by atoms with van der Waals surface area (Å²) in [6, 6.07) is 13.6. The lowest BCUT2D eigenvalue weighted by Gasteiger charge is -2.13. The second-order valence-corrected chi connectivity index (χ2v) is 5.27. The molecule has 0 unspecified atom stereocenters. The van der Waals surface area contributed by atoms with E-state index in [9.17, 15) is 4.79 Å². The molecule has 0 radical (unpaired) electrons. The van der Waals surface area contributed by atoms with Gasteiger partial charge in [-0.05, 0) is 50.2 Å². The number of nitrogens with zero attached hydrogens (tertiary/aromatic N) is 1. The Balaban J connectivity index is 2.14. The fraction of sp³-hybridized carbons (Fsp3) is 0.235. The molecule has 0 heterocycles. The molecule has 1 N–H and O–H groups in total. The van der Waals surface area contributed by atoms with Gasteiger partial charge in [0.05, 0.1) is 0 Å². The fourth-order valence-electron chi connectivity index (χ4n) is 2.15. The maximum Gasteiger partial charge on any atom is 0.255 e. The lowest BCUT2D eigenvalue weighted by Crippen LogP contribution is -2.13. The van der Waals surface area contributed by atoms with Crippen LogP contribution in [0.2, 0.25) is 0 Å². The topological polar surface area (TPSA) is 32.3 Å². The first-order chi connectivity index (χ1) is 9.45. The first-order valence-corrected chi connectivity index (χ1v) is 6.63. The maximum atomic E-state index is 12.2. The molecule has 2 rings (SSSR count). The van der Waals surface area contributed by atoms with Crippen molar-refractivity contribution in [2.24, 2.45) is 0 Å². The van der Waals surface area contributed by atoms with Gasteiger partial charge in [0.25, 0.3) is 5.91 Å². The van der Waals surface area contributed by atoms with Crippen molar-refractivity contribution in [1.29, 1.82) is 0 Å². The highest BCUT2D eigenvalue weighted by Gasteiger charge is 2.07. The van der Waals surface area contributed by atoms with Gasteiger partial charge in [-0.15, -0.1) is 0 Å². The summed E-state index contributed by atoms with van der Waals surface area (Å²) < 4.78 is 0. The molecule has 20 heavy (non-hydrogen) atoms. The molecule has 0 aliphatic rings. The first kappa shape index (κ1) is 14.1. The van der Waals surface area contributed by atoms with Crippen LogP contribution in [0.1, 0.15) is 21.5 Å². The second kappa shape index (κ2) is 5.78. The quantitative estimate of drug-likeness (QED) is 0.922. The summed E-state index contributed by atoms with van der Waals surface area (Å²) in [7, 11) is 3.98. The van der Waals surface area contributed by atoms with E-state index < -0.39 is 0 Å². The van der Waals surface area contributed by atoms with Gasteiger partial charge in [-0.25, -0.2) is 0 Å². The number of aryl methyl sites for hydroxylation is 2. The van der Waals surface area contributed by atoms with Crippen molar-refractivity contribution in [2.45, 2.75) is 13.8 Å². The van der Waals surface area contributed by atoms with Crippen LogP contribution in [0, 0.1) is 13.8 Å². The maximum absolute atomic E-state index is 12.2. The third-order valence-electron chi connectivity index (χ3n) is 3.13. The Labute approximate surface area is 120 Å². The molecular weight excluding hydrogens is 248 g/mol. The Kier molecular flexibility index (Phi) is 4.08. The first-order valence-electron chi connectivity index (χ1n) is 6.63. The number of rotatable bonds is 3. The van der Waals surface area contributed by atoms with Crippen LogP contribution in [0.4, 0.5) is 11.4 Å². The summed E-state index contributed by atoms with van der Waals surface area (Å²) in [6.07, 6.45) is 0. The van der Waals surface area contributed by atoms with E-state index in [4.69, 9.17) is 0 Å². The van der Waals surface area contributed by atoms with Crippen molar-refractivity contribution in [3.05, 3.63) is 59.2 Å². The van der Waals surface area contributed by atoms with E-state index in [1.165, 1.54) is 0 Å². The van der Waals surface area contributed by atoms with Crippen molar-refractivity contribution in [1.82, 2.24) is 0 Å². The van der Waals surface area contributed by atoms with Crippen LogP contribution in [-0.2, 0) is 0 Å². The number of nitrogens with one attached hydrogen (secondary N) is 1. The van der Waals surface area contributed by atoms with E-state index in [1.807, 2.05) is 69.2 Å². The molecule has 0 bridgehead atoms. The molecule has 0 atom stereocenters. The summed E-state index contributed by atoms with van der Waals surface area (Å²) in [4.78, 5) is 14.2. The second-order valence-electron chi connectivity index (χ2n) is 5.27. The Hall–Kier alpha value is -2.29. The van der Waals surface area contributed by atoms with E-state index in [0.717, 1.165) is 22.5 Å². The molecule has 1 amide bonds. The normalized spacial score (nSPS) is 10.2. The van der Waals surface area contributed by atoms with Crippen LogP contribution >= 0.6 is 0 Å². The van der Waals surface area contributed by atoms with E-state index in [1.54, 1.807) is 0 Å². The summed E-state index contributed by atoms with van der Waals surface area (Å²) in [5.41, 5.74) is 4.80. The molecular formula is C17H20N2O. The predicted octanol–water partition coefficient (Wildman–Crippen LogP) is 3.62.